The molecule has 2 aromatic rings. The van der Waals surface area contributed by atoms with Gasteiger partial charge in [-0.15, -0.1) is 0 Å². The average molecular weight is 312 g/mol. The fraction of sp³-hybridized carbons (Fsp3) is 0.368. The first-order valence-corrected chi connectivity index (χ1v) is 8.02. The van der Waals surface area contributed by atoms with Crippen molar-refractivity contribution in [3.8, 4) is 0 Å². The maximum Gasteiger partial charge on any atom is 0.249 e. The van der Waals surface area contributed by atoms with E-state index < -0.39 is 17.8 Å². The zero-order chi connectivity index (χ0) is 18.2. The van der Waals surface area contributed by atoms with Crippen LogP contribution in [0.25, 0.3) is 10.8 Å². The van der Waals surface area contributed by atoms with Gasteiger partial charge in [0.25, 0.3) is 0 Å². The Morgan fingerprint density at radius 3 is 2.91 bits per heavy atom. The van der Waals surface area contributed by atoms with Crippen molar-refractivity contribution in [3.63, 3.8) is 0 Å². The van der Waals surface area contributed by atoms with Crippen LogP contribution in [0.1, 0.15) is 33.6 Å². The van der Waals surface area contributed by atoms with E-state index in [2.05, 4.69) is 0 Å². The van der Waals surface area contributed by atoms with Gasteiger partial charge >= 0.3 is 0 Å². The quantitative estimate of drug-likeness (QED) is 0.943. The topological polar surface area (TPSA) is 49.4 Å². The first-order chi connectivity index (χ1) is 11.9. The lowest BCUT2D eigenvalue weighted by molar-refractivity contribution is -0.126. The number of carbonyl (C=O) groups excluding carboxylic acids is 2. The maximum absolute atomic E-state index is 13.0. The molecule has 0 aliphatic carbocycles. The minimum absolute atomic E-state index is 0.0220. The molecule has 0 bridgehead atoms. The number of amides is 2. The predicted molar refractivity (Wildman–Crippen MR) is 92.5 cm³/mol. The number of hydrogen-bond acceptors (Lipinski definition) is 2. The molecule has 1 atom stereocenters. The molecule has 1 unspecified atom stereocenters. The van der Waals surface area contributed by atoms with Gasteiger partial charge < -0.3 is 10.2 Å². The van der Waals surface area contributed by atoms with Gasteiger partial charge in [0.1, 0.15) is 6.02 Å². The van der Waals surface area contributed by atoms with Crippen LogP contribution in [0.2, 0.25) is 1.41 Å². The Balaban J connectivity index is 2.20. The third-order valence-electron chi connectivity index (χ3n) is 4.17. The number of unbranched alkanes of at least 4 members (excludes halogenated alkanes) is 1. The molecule has 23 heavy (non-hydrogen) atoms. The fourth-order valence-electron chi connectivity index (χ4n) is 3.09. The van der Waals surface area contributed by atoms with Crippen LogP contribution in [0.5, 0.6) is 0 Å². The van der Waals surface area contributed by atoms with Gasteiger partial charge in [0.2, 0.25) is 11.8 Å². The summed E-state index contributed by atoms with van der Waals surface area (Å²) >= 11 is 0. The van der Waals surface area contributed by atoms with Crippen molar-refractivity contribution < 1.29 is 12.4 Å². The highest BCUT2D eigenvalue weighted by Gasteiger charge is 2.33. The SMILES string of the molecule is [2H]N(C(C)=O)C1([2H])Cc2c(ccc3ccccc23)N(CCCC)C1=O. The van der Waals surface area contributed by atoms with Crippen molar-refractivity contribution in [2.75, 3.05) is 11.4 Å². The Labute approximate surface area is 139 Å². The average Bonchev–Trinajstić information content (AvgIpc) is 2.61. The van der Waals surface area contributed by atoms with Crippen molar-refractivity contribution in [2.24, 2.45) is 0 Å². The Bertz CT molecular complexity index is 839. The molecule has 4 nitrogen and oxygen atoms in total. The second kappa shape index (κ2) is 6.41. The van der Waals surface area contributed by atoms with E-state index in [0.29, 0.717) is 11.9 Å². The third-order valence-corrected chi connectivity index (χ3v) is 4.17. The van der Waals surface area contributed by atoms with Gasteiger partial charge in [-0.2, -0.15) is 0 Å². The van der Waals surface area contributed by atoms with Gasteiger partial charge in [-0.3, -0.25) is 9.59 Å². The summed E-state index contributed by atoms with van der Waals surface area (Å²) in [6.45, 7) is 3.73. The molecule has 0 radical (unpaired) electrons. The van der Waals surface area contributed by atoms with Gasteiger partial charge in [0.15, 0.2) is 1.41 Å². The zero-order valence-corrected chi connectivity index (χ0v) is 13.5. The van der Waals surface area contributed by atoms with Gasteiger partial charge in [-0.25, -0.2) is 0 Å². The standard InChI is InChI=1S/C19H22N2O2/c1-3-4-11-21-18-10-9-14-7-5-6-8-15(14)16(18)12-17(19(21)23)20-13(2)22/h5-10,17H,3-4,11-12H2,1-2H3,(H,20,22)/i17D/hD. The smallest absolute Gasteiger partial charge is 0.249 e. The molecular weight excluding hydrogens is 288 g/mol. The van der Waals surface area contributed by atoms with Crippen LogP contribution >= 0.6 is 0 Å². The lowest BCUT2D eigenvalue weighted by Gasteiger charge is -2.35. The second-order valence-corrected chi connectivity index (χ2v) is 5.85. The lowest BCUT2D eigenvalue weighted by Crippen LogP contribution is -2.52. The van der Waals surface area contributed by atoms with E-state index in [1.165, 1.54) is 6.92 Å². The van der Waals surface area contributed by atoms with Crippen LogP contribution in [-0.2, 0) is 16.0 Å². The molecule has 1 N–H and O–H groups in total. The molecule has 3 rings (SSSR count). The summed E-state index contributed by atoms with van der Waals surface area (Å²) in [5.41, 5.74) is 1.64. The summed E-state index contributed by atoms with van der Waals surface area (Å²) in [5, 5.41) is 2.49. The van der Waals surface area contributed by atoms with Crippen molar-refractivity contribution >= 4 is 28.3 Å². The summed E-state index contributed by atoms with van der Waals surface area (Å²) < 4.78 is 16.7. The highest BCUT2D eigenvalue weighted by atomic mass is 16.2. The van der Waals surface area contributed by atoms with E-state index in [9.17, 15) is 9.59 Å². The number of hydrogen-bond donors (Lipinski definition) is 1. The number of nitrogens with one attached hydrogen (secondary N) is 1. The summed E-state index contributed by atoms with van der Waals surface area (Å²) in [6.07, 6.45) is 1.73. The Kier molecular flexibility index (Phi) is 3.65. The van der Waals surface area contributed by atoms with Gasteiger partial charge in [-0.05, 0) is 28.8 Å². The largest absolute Gasteiger partial charge is 0.344 e. The van der Waals surface area contributed by atoms with E-state index in [0.717, 1.165) is 34.9 Å². The van der Waals surface area contributed by atoms with Crippen molar-refractivity contribution in [3.05, 3.63) is 42.0 Å². The molecule has 0 aromatic heterocycles. The molecular formula is C19H22N2O2. The molecule has 2 amide bonds. The molecule has 4 heteroatoms. The highest BCUT2D eigenvalue weighted by Crippen LogP contribution is 2.34. The number of fused-ring (bicyclic) bond motifs is 3. The van der Waals surface area contributed by atoms with Gasteiger partial charge in [0.05, 0.1) is 1.37 Å². The molecule has 0 saturated heterocycles. The number of rotatable bonds is 4. The Morgan fingerprint density at radius 1 is 1.39 bits per heavy atom. The second-order valence-electron chi connectivity index (χ2n) is 5.85. The van der Waals surface area contributed by atoms with Crippen LogP contribution < -0.4 is 10.2 Å². The molecule has 1 aliphatic rings. The molecule has 1 heterocycles. The lowest BCUT2D eigenvalue weighted by atomic mass is 9.91. The molecule has 0 saturated carbocycles. The number of carbonyl (C=O) groups is 2. The van der Waals surface area contributed by atoms with E-state index in [-0.39, 0.29) is 6.42 Å². The molecule has 120 valence electrons. The maximum atomic E-state index is 13.0. The molecule has 0 fully saturated rings. The molecule has 1 aliphatic heterocycles. The Morgan fingerprint density at radius 2 is 2.17 bits per heavy atom. The normalized spacial score (nSPS) is 21.7. The van der Waals surface area contributed by atoms with Crippen molar-refractivity contribution in [1.82, 2.24) is 5.31 Å². The minimum Gasteiger partial charge on any atom is -0.344 e. The summed E-state index contributed by atoms with van der Waals surface area (Å²) in [6, 6.07) is 9.76. The van der Waals surface area contributed by atoms with E-state index in [1.807, 2.05) is 43.3 Å². The van der Waals surface area contributed by atoms with Crippen LogP contribution in [0.3, 0.4) is 0 Å². The molecule has 0 spiro atoms. The van der Waals surface area contributed by atoms with Gasteiger partial charge in [0, 0.05) is 25.6 Å². The number of benzene rings is 2. The minimum atomic E-state index is -1.93. The van der Waals surface area contributed by atoms with E-state index >= 15 is 0 Å². The van der Waals surface area contributed by atoms with Gasteiger partial charge in [-0.1, -0.05) is 43.7 Å². The highest BCUT2D eigenvalue weighted by molar-refractivity contribution is 6.05. The number of anilines is 1. The van der Waals surface area contributed by atoms with Crippen LogP contribution in [-0.4, -0.2) is 24.4 Å². The summed E-state index contributed by atoms with van der Waals surface area (Å²) in [5.74, 6) is -1.11. The van der Waals surface area contributed by atoms with Crippen LogP contribution in [0, 0.1) is 0 Å². The van der Waals surface area contributed by atoms with E-state index in [1.54, 1.807) is 4.90 Å². The summed E-state index contributed by atoms with van der Waals surface area (Å²) in [4.78, 5) is 26.3. The van der Waals surface area contributed by atoms with Crippen molar-refractivity contribution in [2.45, 2.75) is 39.1 Å². The van der Waals surface area contributed by atoms with Crippen LogP contribution in [0.4, 0.5) is 5.69 Å². The predicted octanol–water partition coefficient (Wildman–Crippen LogP) is 3.03. The Hall–Kier alpha value is -2.36. The summed E-state index contributed by atoms with van der Waals surface area (Å²) in [7, 11) is 0. The fourth-order valence-corrected chi connectivity index (χ4v) is 3.09. The monoisotopic (exact) mass is 312 g/mol. The third kappa shape index (κ3) is 2.93. The van der Waals surface area contributed by atoms with E-state index in [4.69, 9.17) is 2.78 Å². The first kappa shape index (κ1) is 13.1. The van der Waals surface area contributed by atoms with Crippen molar-refractivity contribution in [1.29, 1.82) is 0 Å². The number of nitrogens with zero attached hydrogens (tertiary/aromatic N) is 1. The molecule has 2 aromatic carbocycles. The zero-order valence-electron chi connectivity index (χ0n) is 15.5. The van der Waals surface area contributed by atoms with Crippen LogP contribution in [0.15, 0.2) is 36.4 Å². The first-order valence-electron chi connectivity index (χ1n) is 8.97.